The van der Waals surface area contributed by atoms with Gasteiger partial charge in [-0.3, -0.25) is 4.79 Å². The molecule has 0 unspecified atom stereocenters. The standard InChI is InChI=1S/C9H15NO3/c1-7(11)2-3-9(13)10-5-4-8(12)6-10/h8,12H,2-6H2,1H3/t8-/m1/s1. The maximum Gasteiger partial charge on any atom is 0.223 e. The lowest BCUT2D eigenvalue weighted by Crippen LogP contribution is -2.29. The van der Waals surface area contributed by atoms with E-state index in [9.17, 15) is 9.59 Å². The molecule has 1 saturated heterocycles. The normalized spacial score (nSPS) is 22.0. The summed E-state index contributed by atoms with van der Waals surface area (Å²) >= 11 is 0. The van der Waals surface area contributed by atoms with Gasteiger partial charge in [0, 0.05) is 25.9 Å². The molecular weight excluding hydrogens is 170 g/mol. The Morgan fingerprint density at radius 2 is 2.15 bits per heavy atom. The third-order valence-electron chi connectivity index (χ3n) is 2.21. The van der Waals surface area contributed by atoms with Crippen LogP contribution in [0.25, 0.3) is 0 Å². The van der Waals surface area contributed by atoms with Crippen molar-refractivity contribution in [3.05, 3.63) is 0 Å². The van der Waals surface area contributed by atoms with Crippen molar-refractivity contribution in [2.75, 3.05) is 13.1 Å². The first-order chi connectivity index (χ1) is 6.09. The maximum absolute atomic E-state index is 11.4. The topological polar surface area (TPSA) is 57.6 Å². The monoisotopic (exact) mass is 185 g/mol. The Labute approximate surface area is 77.5 Å². The van der Waals surface area contributed by atoms with Crippen molar-refractivity contribution < 1.29 is 14.7 Å². The highest BCUT2D eigenvalue weighted by atomic mass is 16.3. The number of amides is 1. The van der Waals surface area contributed by atoms with Crippen LogP contribution in [0.3, 0.4) is 0 Å². The molecule has 1 aliphatic heterocycles. The van der Waals surface area contributed by atoms with Gasteiger partial charge >= 0.3 is 0 Å². The Balaban J connectivity index is 2.27. The van der Waals surface area contributed by atoms with Crippen molar-refractivity contribution in [2.24, 2.45) is 0 Å². The lowest BCUT2D eigenvalue weighted by molar-refractivity contribution is -0.132. The SMILES string of the molecule is CC(=O)CCC(=O)N1CC[C@@H](O)C1. The molecule has 0 bridgehead atoms. The van der Waals surface area contributed by atoms with Crippen LogP contribution in [-0.4, -0.2) is 40.9 Å². The lowest BCUT2D eigenvalue weighted by atomic mass is 10.2. The number of Topliss-reactive ketones (excluding diaryl/α,β-unsaturated/α-hetero) is 1. The van der Waals surface area contributed by atoms with E-state index in [1.807, 2.05) is 0 Å². The summed E-state index contributed by atoms with van der Waals surface area (Å²) < 4.78 is 0. The van der Waals surface area contributed by atoms with Crippen LogP contribution in [-0.2, 0) is 9.59 Å². The van der Waals surface area contributed by atoms with E-state index in [0.29, 0.717) is 25.9 Å². The van der Waals surface area contributed by atoms with Crippen LogP contribution in [0.2, 0.25) is 0 Å². The Hall–Kier alpha value is -0.900. The van der Waals surface area contributed by atoms with E-state index < -0.39 is 0 Å². The number of ketones is 1. The Morgan fingerprint density at radius 1 is 1.46 bits per heavy atom. The molecule has 1 atom stereocenters. The van der Waals surface area contributed by atoms with E-state index in [1.54, 1.807) is 4.90 Å². The lowest BCUT2D eigenvalue weighted by Gasteiger charge is -2.14. The molecule has 13 heavy (non-hydrogen) atoms. The third-order valence-corrected chi connectivity index (χ3v) is 2.21. The predicted molar refractivity (Wildman–Crippen MR) is 47.1 cm³/mol. The highest BCUT2D eigenvalue weighted by Crippen LogP contribution is 2.10. The van der Waals surface area contributed by atoms with E-state index in [-0.39, 0.29) is 24.2 Å². The summed E-state index contributed by atoms with van der Waals surface area (Å²) in [5.41, 5.74) is 0. The molecule has 0 radical (unpaired) electrons. The van der Waals surface area contributed by atoms with Crippen LogP contribution in [0.5, 0.6) is 0 Å². The summed E-state index contributed by atoms with van der Waals surface area (Å²) in [7, 11) is 0. The second-order valence-electron chi connectivity index (χ2n) is 3.48. The first kappa shape index (κ1) is 10.2. The van der Waals surface area contributed by atoms with Crippen LogP contribution >= 0.6 is 0 Å². The van der Waals surface area contributed by atoms with Gasteiger partial charge in [-0.25, -0.2) is 0 Å². The van der Waals surface area contributed by atoms with Gasteiger partial charge < -0.3 is 14.8 Å². The molecule has 4 heteroatoms. The summed E-state index contributed by atoms with van der Waals surface area (Å²) in [6, 6.07) is 0. The maximum atomic E-state index is 11.4. The van der Waals surface area contributed by atoms with Crippen LogP contribution in [0.1, 0.15) is 26.2 Å². The fourth-order valence-corrected chi connectivity index (χ4v) is 1.41. The largest absolute Gasteiger partial charge is 0.391 e. The van der Waals surface area contributed by atoms with Gasteiger partial charge in [-0.15, -0.1) is 0 Å². The zero-order chi connectivity index (χ0) is 9.84. The van der Waals surface area contributed by atoms with Crippen LogP contribution in [0, 0.1) is 0 Å². The molecule has 74 valence electrons. The molecule has 0 aromatic rings. The van der Waals surface area contributed by atoms with E-state index in [0.717, 1.165) is 0 Å². The van der Waals surface area contributed by atoms with Gasteiger partial charge in [0.1, 0.15) is 5.78 Å². The second kappa shape index (κ2) is 4.37. The summed E-state index contributed by atoms with van der Waals surface area (Å²) in [6.45, 7) is 2.53. The first-order valence-electron chi connectivity index (χ1n) is 4.55. The molecule has 1 heterocycles. The van der Waals surface area contributed by atoms with Crippen molar-refractivity contribution in [1.82, 2.24) is 4.90 Å². The zero-order valence-corrected chi connectivity index (χ0v) is 7.82. The molecule has 1 fully saturated rings. The number of carbonyl (C=O) groups is 2. The fourth-order valence-electron chi connectivity index (χ4n) is 1.41. The van der Waals surface area contributed by atoms with Crippen molar-refractivity contribution in [3.63, 3.8) is 0 Å². The number of aliphatic hydroxyl groups is 1. The molecule has 1 rings (SSSR count). The Morgan fingerprint density at radius 3 is 2.62 bits per heavy atom. The number of nitrogens with zero attached hydrogens (tertiary/aromatic N) is 1. The van der Waals surface area contributed by atoms with Gasteiger partial charge in [-0.05, 0) is 13.3 Å². The summed E-state index contributed by atoms with van der Waals surface area (Å²) in [5, 5.41) is 9.17. The van der Waals surface area contributed by atoms with E-state index in [4.69, 9.17) is 5.11 Å². The zero-order valence-electron chi connectivity index (χ0n) is 7.82. The number of carbonyl (C=O) groups excluding carboxylic acids is 2. The molecule has 0 aliphatic carbocycles. The van der Waals surface area contributed by atoms with Crippen LogP contribution in [0.4, 0.5) is 0 Å². The minimum atomic E-state index is -0.374. The third kappa shape index (κ3) is 3.14. The highest BCUT2D eigenvalue weighted by Gasteiger charge is 2.23. The number of rotatable bonds is 3. The first-order valence-corrected chi connectivity index (χ1v) is 4.55. The number of hydrogen-bond donors (Lipinski definition) is 1. The Kier molecular flexibility index (Phi) is 3.42. The van der Waals surface area contributed by atoms with Gasteiger partial charge in [0.2, 0.25) is 5.91 Å². The van der Waals surface area contributed by atoms with Crippen molar-refractivity contribution in [2.45, 2.75) is 32.3 Å². The van der Waals surface area contributed by atoms with Crippen molar-refractivity contribution in [1.29, 1.82) is 0 Å². The van der Waals surface area contributed by atoms with Crippen LogP contribution < -0.4 is 0 Å². The minimum absolute atomic E-state index is 0.0215. The summed E-state index contributed by atoms with van der Waals surface area (Å²) in [6.07, 6.45) is 0.875. The Bertz CT molecular complexity index is 215. The molecule has 4 nitrogen and oxygen atoms in total. The summed E-state index contributed by atoms with van der Waals surface area (Å²) in [4.78, 5) is 23.6. The summed E-state index contributed by atoms with van der Waals surface area (Å²) in [5.74, 6) is 0.0137. The van der Waals surface area contributed by atoms with E-state index >= 15 is 0 Å². The van der Waals surface area contributed by atoms with Gasteiger partial charge in [-0.2, -0.15) is 0 Å². The smallest absolute Gasteiger partial charge is 0.223 e. The molecule has 0 aromatic carbocycles. The number of hydrogen-bond acceptors (Lipinski definition) is 3. The van der Waals surface area contributed by atoms with Crippen molar-refractivity contribution >= 4 is 11.7 Å². The van der Waals surface area contributed by atoms with Gasteiger partial charge in [-0.1, -0.05) is 0 Å². The quantitative estimate of drug-likeness (QED) is 0.670. The molecule has 1 amide bonds. The average Bonchev–Trinajstić information content (AvgIpc) is 2.47. The molecule has 0 saturated carbocycles. The average molecular weight is 185 g/mol. The van der Waals surface area contributed by atoms with Gasteiger partial charge in [0.15, 0.2) is 0 Å². The number of β-amino-alcohol motifs (C(OH)–C–C–N with tert-alkyl or cyclic N) is 1. The molecule has 0 aromatic heterocycles. The number of likely N-dealkylation sites (tertiary alicyclic amines) is 1. The van der Waals surface area contributed by atoms with Crippen molar-refractivity contribution in [3.8, 4) is 0 Å². The van der Waals surface area contributed by atoms with Gasteiger partial charge in [0.05, 0.1) is 6.10 Å². The van der Waals surface area contributed by atoms with E-state index in [1.165, 1.54) is 6.92 Å². The highest BCUT2D eigenvalue weighted by molar-refractivity contribution is 5.83. The fraction of sp³-hybridized carbons (Fsp3) is 0.778. The second-order valence-corrected chi connectivity index (χ2v) is 3.48. The molecule has 1 aliphatic rings. The van der Waals surface area contributed by atoms with Crippen LogP contribution in [0.15, 0.2) is 0 Å². The minimum Gasteiger partial charge on any atom is -0.391 e. The number of aliphatic hydroxyl groups excluding tert-OH is 1. The van der Waals surface area contributed by atoms with E-state index in [2.05, 4.69) is 0 Å². The molecule has 0 spiro atoms. The predicted octanol–water partition coefficient (Wildman–Crippen LogP) is -0.0512. The molecular formula is C9H15NO3. The van der Waals surface area contributed by atoms with Gasteiger partial charge in [0.25, 0.3) is 0 Å². The molecule has 1 N–H and O–H groups in total.